The molecule has 1 aromatic heterocycles. The van der Waals surface area contributed by atoms with Crippen LogP contribution in [0.2, 0.25) is 5.02 Å². The summed E-state index contributed by atoms with van der Waals surface area (Å²) in [6.45, 7) is 4.72. The molecule has 18 heavy (non-hydrogen) atoms. The van der Waals surface area contributed by atoms with E-state index in [0.717, 1.165) is 23.1 Å². The molecule has 0 aliphatic rings. The highest BCUT2D eigenvalue weighted by atomic mass is 35.5. The summed E-state index contributed by atoms with van der Waals surface area (Å²) in [4.78, 5) is 8.44. The average Bonchev–Trinajstić information content (AvgIpc) is 2.36. The van der Waals surface area contributed by atoms with Gasteiger partial charge in [-0.25, -0.2) is 9.97 Å². The quantitative estimate of drug-likeness (QED) is 0.918. The van der Waals surface area contributed by atoms with Gasteiger partial charge in [0.15, 0.2) is 0 Å². The Hall–Kier alpha value is -1.45. The van der Waals surface area contributed by atoms with Gasteiger partial charge in [0.05, 0.1) is 5.69 Å². The van der Waals surface area contributed by atoms with Gasteiger partial charge in [-0.1, -0.05) is 23.7 Å². The van der Waals surface area contributed by atoms with Gasteiger partial charge in [-0.15, -0.1) is 0 Å². The number of halogens is 1. The number of aromatic nitrogens is 2. The molecule has 0 amide bonds. The fourth-order valence-electron chi connectivity index (χ4n) is 1.76. The Balaban J connectivity index is 1.98. The lowest BCUT2D eigenvalue weighted by atomic mass is 10.1. The highest BCUT2D eigenvalue weighted by molar-refractivity contribution is 6.30. The van der Waals surface area contributed by atoms with Gasteiger partial charge in [0.2, 0.25) is 0 Å². The molecule has 0 bridgehead atoms. The van der Waals surface area contributed by atoms with Crippen molar-refractivity contribution in [1.29, 1.82) is 0 Å². The Kier molecular flexibility index (Phi) is 4.28. The highest BCUT2D eigenvalue weighted by Crippen LogP contribution is 2.17. The molecule has 0 spiro atoms. The van der Waals surface area contributed by atoms with Crippen LogP contribution in [0.4, 0.5) is 0 Å². The lowest BCUT2D eigenvalue weighted by molar-refractivity contribution is 0.566. The molecule has 2 aromatic rings. The van der Waals surface area contributed by atoms with Crippen molar-refractivity contribution in [3.05, 3.63) is 58.6 Å². The van der Waals surface area contributed by atoms with Crippen LogP contribution >= 0.6 is 11.6 Å². The molecule has 2 rings (SSSR count). The second-order valence-electron chi connectivity index (χ2n) is 4.25. The van der Waals surface area contributed by atoms with Crippen molar-refractivity contribution in [2.45, 2.75) is 26.4 Å². The summed E-state index contributed by atoms with van der Waals surface area (Å²) >= 11 is 5.98. The predicted molar refractivity (Wildman–Crippen MR) is 73.5 cm³/mol. The molecule has 3 nitrogen and oxygen atoms in total. The van der Waals surface area contributed by atoms with E-state index < -0.39 is 0 Å². The Morgan fingerprint density at radius 1 is 1.33 bits per heavy atom. The van der Waals surface area contributed by atoms with Gasteiger partial charge in [-0.05, 0) is 37.6 Å². The maximum Gasteiger partial charge on any atom is 0.125 e. The molecule has 0 aliphatic carbocycles. The molecule has 0 aliphatic heterocycles. The van der Waals surface area contributed by atoms with Crippen LogP contribution in [-0.4, -0.2) is 9.97 Å². The zero-order chi connectivity index (χ0) is 13.0. The third-order valence-electron chi connectivity index (χ3n) is 2.77. The molecule has 0 fully saturated rings. The first-order chi connectivity index (χ1) is 8.65. The third-order valence-corrected chi connectivity index (χ3v) is 3.01. The monoisotopic (exact) mass is 261 g/mol. The van der Waals surface area contributed by atoms with Crippen LogP contribution in [0.5, 0.6) is 0 Å². The van der Waals surface area contributed by atoms with Gasteiger partial charge in [-0.3, -0.25) is 0 Å². The van der Waals surface area contributed by atoms with Crippen LogP contribution in [-0.2, 0) is 6.54 Å². The second kappa shape index (κ2) is 5.94. The van der Waals surface area contributed by atoms with Crippen LogP contribution < -0.4 is 5.32 Å². The third kappa shape index (κ3) is 3.52. The lowest BCUT2D eigenvalue weighted by Crippen LogP contribution is -2.19. The Morgan fingerprint density at radius 3 is 2.89 bits per heavy atom. The molecule has 1 aromatic carbocycles. The molecular weight excluding hydrogens is 246 g/mol. The van der Waals surface area contributed by atoms with Crippen molar-refractivity contribution in [2.75, 3.05) is 0 Å². The summed E-state index contributed by atoms with van der Waals surface area (Å²) < 4.78 is 0. The van der Waals surface area contributed by atoms with E-state index in [1.807, 2.05) is 31.2 Å². The number of hydrogen-bond acceptors (Lipinski definition) is 3. The Morgan fingerprint density at radius 2 is 2.17 bits per heavy atom. The van der Waals surface area contributed by atoms with Crippen molar-refractivity contribution < 1.29 is 0 Å². The minimum Gasteiger partial charge on any atom is -0.305 e. The topological polar surface area (TPSA) is 37.8 Å². The van der Waals surface area contributed by atoms with E-state index in [1.165, 1.54) is 5.56 Å². The normalized spacial score (nSPS) is 12.4. The van der Waals surface area contributed by atoms with Crippen LogP contribution in [0.25, 0.3) is 0 Å². The maximum absolute atomic E-state index is 5.98. The zero-order valence-corrected chi connectivity index (χ0v) is 11.3. The van der Waals surface area contributed by atoms with E-state index in [0.29, 0.717) is 0 Å². The van der Waals surface area contributed by atoms with Gasteiger partial charge in [0.1, 0.15) is 5.82 Å². The van der Waals surface area contributed by atoms with Crippen molar-refractivity contribution in [3.63, 3.8) is 0 Å². The van der Waals surface area contributed by atoms with Crippen LogP contribution in [0.3, 0.4) is 0 Å². The number of rotatable bonds is 4. The van der Waals surface area contributed by atoms with Gasteiger partial charge < -0.3 is 5.32 Å². The summed E-state index contributed by atoms with van der Waals surface area (Å²) in [5.41, 5.74) is 2.17. The van der Waals surface area contributed by atoms with Gasteiger partial charge in [0, 0.05) is 23.8 Å². The summed E-state index contributed by atoms with van der Waals surface area (Å²) in [6.07, 6.45) is 1.78. The van der Waals surface area contributed by atoms with Crippen LogP contribution in [0, 0.1) is 6.92 Å². The number of aryl methyl sites for hydroxylation is 1. The van der Waals surface area contributed by atoms with Gasteiger partial charge in [-0.2, -0.15) is 0 Å². The van der Waals surface area contributed by atoms with E-state index in [4.69, 9.17) is 11.6 Å². The minimum atomic E-state index is 0.235. The fraction of sp³-hybridized carbons (Fsp3) is 0.286. The van der Waals surface area contributed by atoms with E-state index in [2.05, 4.69) is 28.3 Å². The Labute approximate surface area is 112 Å². The summed E-state index contributed by atoms with van der Waals surface area (Å²) in [7, 11) is 0. The first-order valence-electron chi connectivity index (χ1n) is 5.92. The summed E-state index contributed by atoms with van der Waals surface area (Å²) in [5.74, 6) is 0.796. The van der Waals surface area contributed by atoms with Crippen molar-refractivity contribution >= 4 is 11.6 Å². The molecular formula is C14H16ClN3. The first-order valence-corrected chi connectivity index (χ1v) is 6.30. The SMILES string of the molecule is Cc1nccc(CNC(C)c2cccc(Cl)c2)n1. The zero-order valence-electron chi connectivity index (χ0n) is 10.5. The standard InChI is InChI=1S/C14H16ClN3/c1-10(12-4-3-5-13(15)8-12)17-9-14-6-7-16-11(2)18-14/h3-8,10,17H,9H2,1-2H3. The molecule has 1 unspecified atom stereocenters. The summed E-state index contributed by atoms with van der Waals surface area (Å²) in [6, 6.07) is 10.0. The van der Waals surface area contributed by atoms with Gasteiger partial charge >= 0.3 is 0 Å². The molecule has 4 heteroatoms. The predicted octanol–water partition coefficient (Wildman–Crippen LogP) is 3.29. The molecule has 0 radical (unpaired) electrons. The van der Waals surface area contributed by atoms with Crippen molar-refractivity contribution in [3.8, 4) is 0 Å². The second-order valence-corrected chi connectivity index (χ2v) is 4.69. The lowest BCUT2D eigenvalue weighted by Gasteiger charge is -2.14. The average molecular weight is 262 g/mol. The molecule has 0 saturated carbocycles. The summed E-state index contributed by atoms with van der Waals surface area (Å²) in [5, 5.41) is 4.18. The largest absolute Gasteiger partial charge is 0.305 e. The number of nitrogens with zero attached hydrogens (tertiary/aromatic N) is 2. The van der Waals surface area contributed by atoms with Crippen LogP contribution in [0.15, 0.2) is 36.5 Å². The number of benzene rings is 1. The van der Waals surface area contributed by atoms with E-state index in [9.17, 15) is 0 Å². The van der Waals surface area contributed by atoms with E-state index in [1.54, 1.807) is 6.20 Å². The Bertz CT molecular complexity index is 528. The first kappa shape index (κ1) is 13.0. The molecule has 1 heterocycles. The van der Waals surface area contributed by atoms with Crippen molar-refractivity contribution in [2.24, 2.45) is 0 Å². The minimum absolute atomic E-state index is 0.235. The maximum atomic E-state index is 5.98. The van der Waals surface area contributed by atoms with E-state index >= 15 is 0 Å². The van der Waals surface area contributed by atoms with Crippen molar-refractivity contribution in [1.82, 2.24) is 15.3 Å². The smallest absolute Gasteiger partial charge is 0.125 e. The van der Waals surface area contributed by atoms with Crippen LogP contribution in [0.1, 0.15) is 30.0 Å². The highest BCUT2D eigenvalue weighted by Gasteiger charge is 2.05. The van der Waals surface area contributed by atoms with Gasteiger partial charge in [0.25, 0.3) is 0 Å². The molecule has 1 atom stereocenters. The number of nitrogens with one attached hydrogen (secondary N) is 1. The fourth-order valence-corrected chi connectivity index (χ4v) is 1.95. The molecule has 1 N–H and O–H groups in total. The molecule has 0 saturated heterocycles. The van der Waals surface area contributed by atoms with E-state index in [-0.39, 0.29) is 6.04 Å². The number of hydrogen-bond donors (Lipinski definition) is 1. The molecule has 94 valence electrons.